The van der Waals surface area contributed by atoms with Gasteiger partial charge in [0.05, 0.1) is 33.5 Å². The van der Waals surface area contributed by atoms with E-state index in [4.69, 9.17) is 11.6 Å². The average Bonchev–Trinajstić information content (AvgIpc) is 2.99. The number of nitrogens with zero attached hydrogens (tertiary/aromatic N) is 4. The van der Waals surface area contributed by atoms with Crippen LogP contribution >= 0.6 is 11.6 Å². The number of aryl methyl sites for hydroxylation is 2. The molecule has 0 aliphatic rings. The van der Waals surface area contributed by atoms with Crippen molar-refractivity contribution in [2.45, 2.75) is 32.6 Å². The molecule has 2 heterocycles. The van der Waals surface area contributed by atoms with Crippen molar-refractivity contribution in [2.24, 2.45) is 0 Å². The maximum absolute atomic E-state index is 13.1. The highest BCUT2D eigenvalue weighted by Crippen LogP contribution is 2.28. The molecule has 6 nitrogen and oxygen atoms in total. The smallest absolute Gasteiger partial charge is 0.236 e. The van der Waals surface area contributed by atoms with E-state index in [1.807, 2.05) is 30.3 Å². The molecule has 0 aliphatic carbocycles. The maximum atomic E-state index is 13.1. The molecule has 24 heavy (non-hydrogen) atoms. The Morgan fingerprint density at radius 1 is 0.917 bits per heavy atom. The van der Waals surface area contributed by atoms with Crippen LogP contribution in [0.4, 0.5) is 0 Å². The first-order chi connectivity index (χ1) is 11.2. The molecule has 1 aromatic carbocycles. The predicted molar refractivity (Wildman–Crippen MR) is 92.3 cm³/mol. The van der Waals surface area contributed by atoms with Gasteiger partial charge in [0, 0.05) is 0 Å². The van der Waals surface area contributed by atoms with Gasteiger partial charge in [0.15, 0.2) is 0 Å². The highest BCUT2D eigenvalue weighted by atomic mass is 35.5. The van der Waals surface area contributed by atoms with Crippen molar-refractivity contribution in [3.8, 4) is 5.69 Å². The quantitative estimate of drug-likeness (QED) is 0.715. The van der Waals surface area contributed by atoms with Gasteiger partial charge >= 0.3 is 0 Å². The molecule has 0 unspecified atom stereocenters. The third-order valence-corrected chi connectivity index (χ3v) is 6.34. The van der Waals surface area contributed by atoms with Crippen molar-refractivity contribution in [1.82, 2.24) is 19.0 Å². The van der Waals surface area contributed by atoms with Gasteiger partial charge in [-0.3, -0.25) is 0 Å². The van der Waals surface area contributed by atoms with Gasteiger partial charge in [0.1, 0.15) is 4.90 Å². The molecule has 0 saturated carbocycles. The summed E-state index contributed by atoms with van der Waals surface area (Å²) < 4.78 is 28.8. The molecule has 3 rings (SSSR count). The third-order valence-electron chi connectivity index (χ3n) is 3.87. The van der Waals surface area contributed by atoms with Gasteiger partial charge in [-0.05, 0) is 39.8 Å². The Labute approximate surface area is 145 Å². The summed E-state index contributed by atoms with van der Waals surface area (Å²) in [5.74, 6) is 0. The second kappa shape index (κ2) is 5.75. The van der Waals surface area contributed by atoms with E-state index in [0.29, 0.717) is 27.8 Å². The summed E-state index contributed by atoms with van der Waals surface area (Å²) >= 11 is 6.10. The second-order valence-corrected chi connectivity index (χ2v) is 7.66. The topological polar surface area (TPSA) is 69.8 Å². The fourth-order valence-electron chi connectivity index (χ4n) is 2.74. The summed E-state index contributed by atoms with van der Waals surface area (Å²) in [6.07, 6.45) is 0. The van der Waals surface area contributed by atoms with Crippen LogP contribution in [0.25, 0.3) is 5.69 Å². The minimum Gasteiger partial charge on any atom is -0.236 e. The normalized spacial score (nSPS) is 11.9. The van der Waals surface area contributed by atoms with Crippen LogP contribution in [0.3, 0.4) is 0 Å². The number of benzene rings is 1. The Kier molecular flexibility index (Phi) is 4.01. The molecule has 0 aliphatic heterocycles. The van der Waals surface area contributed by atoms with Crippen molar-refractivity contribution in [3.05, 3.63) is 58.1 Å². The van der Waals surface area contributed by atoms with Crippen LogP contribution in [-0.4, -0.2) is 27.4 Å². The highest BCUT2D eigenvalue weighted by molar-refractivity contribution is 7.90. The van der Waals surface area contributed by atoms with E-state index in [1.54, 1.807) is 32.4 Å². The number of hydrogen-bond donors (Lipinski definition) is 0. The first-order valence-electron chi connectivity index (χ1n) is 7.34. The zero-order chi connectivity index (χ0) is 17.6. The highest BCUT2D eigenvalue weighted by Gasteiger charge is 2.30. The van der Waals surface area contributed by atoms with E-state index in [-0.39, 0.29) is 4.90 Å². The predicted octanol–water partition coefficient (Wildman–Crippen LogP) is 3.19. The minimum absolute atomic E-state index is 0.147. The molecule has 0 saturated heterocycles. The van der Waals surface area contributed by atoms with E-state index in [0.717, 1.165) is 9.77 Å². The van der Waals surface area contributed by atoms with Crippen LogP contribution in [-0.2, 0) is 10.0 Å². The number of rotatable bonds is 3. The van der Waals surface area contributed by atoms with Crippen LogP contribution in [0, 0.1) is 27.7 Å². The number of para-hydroxylation sites is 1. The van der Waals surface area contributed by atoms with Crippen LogP contribution in [0.1, 0.15) is 22.8 Å². The van der Waals surface area contributed by atoms with Crippen molar-refractivity contribution < 1.29 is 8.42 Å². The summed E-state index contributed by atoms with van der Waals surface area (Å²) in [6, 6.07) is 9.39. The van der Waals surface area contributed by atoms with Crippen LogP contribution in [0.15, 0.2) is 35.2 Å². The molecule has 126 valence electrons. The van der Waals surface area contributed by atoms with Crippen molar-refractivity contribution in [2.75, 3.05) is 0 Å². The first-order valence-corrected chi connectivity index (χ1v) is 9.16. The van der Waals surface area contributed by atoms with Crippen LogP contribution < -0.4 is 0 Å². The van der Waals surface area contributed by atoms with E-state index in [9.17, 15) is 8.42 Å². The molecule has 0 radical (unpaired) electrons. The standard InChI is InChI=1S/C16H17ClN4O2S/c1-10-15(17)12(3)21(19-10)24(22,23)16-11(2)18-20(13(16)4)14-8-6-5-7-9-14/h5-9H,1-4H3. The lowest BCUT2D eigenvalue weighted by Crippen LogP contribution is -2.18. The summed E-state index contributed by atoms with van der Waals surface area (Å²) in [5.41, 5.74) is 2.61. The Morgan fingerprint density at radius 2 is 1.54 bits per heavy atom. The minimum atomic E-state index is -3.88. The van der Waals surface area contributed by atoms with Crippen molar-refractivity contribution in [3.63, 3.8) is 0 Å². The van der Waals surface area contributed by atoms with Gasteiger partial charge in [0.2, 0.25) is 0 Å². The lowest BCUT2D eigenvalue weighted by molar-refractivity contribution is 0.576. The Bertz CT molecular complexity index is 1020. The summed E-state index contributed by atoms with van der Waals surface area (Å²) in [5, 5.41) is 8.83. The molecular formula is C16H17ClN4O2S. The largest absolute Gasteiger partial charge is 0.286 e. The van der Waals surface area contributed by atoms with Crippen LogP contribution in [0.2, 0.25) is 5.02 Å². The second-order valence-electron chi connectivity index (χ2n) is 5.58. The molecule has 0 atom stereocenters. The van der Waals surface area contributed by atoms with E-state index in [2.05, 4.69) is 10.2 Å². The Morgan fingerprint density at radius 3 is 2.08 bits per heavy atom. The van der Waals surface area contributed by atoms with Gasteiger partial charge in [-0.1, -0.05) is 29.8 Å². The average molecular weight is 365 g/mol. The summed E-state index contributed by atoms with van der Waals surface area (Å²) in [6.45, 7) is 6.71. The van der Waals surface area contributed by atoms with Crippen molar-refractivity contribution >= 4 is 21.6 Å². The summed E-state index contributed by atoms with van der Waals surface area (Å²) in [4.78, 5) is 0.147. The molecule has 0 N–H and O–H groups in total. The van der Waals surface area contributed by atoms with Gasteiger partial charge in [0.25, 0.3) is 10.0 Å². The molecule has 0 spiro atoms. The molecule has 0 fully saturated rings. The Hall–Kier alpha value is -2.12. The lowest BCUT2D eigenvalue weighted by atomic mass is 10.3. The fraction of sp³-hybridized carbons (Fsp3) is 0.250. The number of halogens is 1. The first kappa shape index (κ1) is 16.7. The van der Waals surface area contributed by atoms with Gasteiger partial charge < -0.3 is 0 Å². The molecule has 3 aromatic rings. The van der Waals surface area contributed by atoms with E-state index >= 15 is 0 Å². The maximum Gasteiger partial charge on any atom is 0.286 e. The molecule has 0 bridgehead atoms. The van der Waals surface area contributed by atoms with E-state index < -0.39 is 10.0 Å². The van der Waals surface area contributed by atoms with Gasteiger partial charge in [-0.25, -0.2) is 4.68 Å². The Balaban J connectivity index is 2.23. The van der Waals surface area contributed by atoms with Gasteiger partial charge in [-0.2, -0.15) is 22.7 Å². The molecule has 8 heteroatoms. The zero-order valence-corrected chi connectivity index (χ0v) is 15.4. The lowest BCUT2D eigenvalue weighted by Gasteiger charge is -2.08. The van der Waals surface area contributed by atoms with E-state index in [1.165, 1.54) is 0 Å². The van der Waals surface area contributed by atoms with Crippen molar-refractivity contribution in [1.29, 1.82) is 0 Å². The molecule has 0 amide bonds. The molecule has 2 aromatic heterocycles. The SMILES string of the molecule is Cc1nn(S(=O)(=O)c2c(C)nn(-c3ccccc3)c2C)c(C)c1Cl. The number of hydrogen-bond acceptors (Lipinski definition) is 4. The molecular weight excluding hydrogens is 348 g/mol. The fourth-order valence-corrected chi connectivity index (χ4v) is 4.64. The van der Waals surface area contributed by atoms with Crippen LogP contribution in [0.5, 0.6) is 0 Å². The zero-order valence-electron chi connectivity index (χ0n) is 13.8. The number of aromatic nitrogens is 4. The van der Waals surface area contributed by atoms with Gasteiger partial charge in [-0.15, -0.1) is 0 Å². The third kappa shape index (κ3) is 2.44. The summed E-state index contributed by atoms with van der Waals surface area (Å²) in [7, 11) is -3.88. The monoisotopic (exact) mass is 364 g/mol.